The van der Waals surface area contributed by atoms with E-state index >= 15 is 0 Å². The van der Waals surface area contributed by atoms with Gasteiger partial charge >= 0.3 is 0 Å². The molecule has 2 aromatic rings. The second-order valence-corrected chi connectivity index (χ2v) is 5.18. The molecule has 0 amide bonds. The lowest BCUT2D eigenvalue weighted by molar-refractivity contribution is 0.433. The highest BCUT2D eigenvalue weighted by molar-refractivity contribution is 6.31. The molecule has 0 bridgehead atoms. The lowest BCUT2D eigenvalue weighted by Crippen LogP contribution is -2.01. The molecule has 1 saturated carbocycles. The average Bonchev–Trinajstić information content (AvgIpc) is 3.13. The van der Waals surface area contributed by atoms with Crippen LogP contribution in [-0.2, 0) is 0 Å². The van der Waals surface area contributed by atoms with E-state index in [4.69, 9.17) is 17.3 Å². The van der Waals surface area contributed by atoms with Crippen LogP contribution in [0.15, 0.2) is 30.5 Å². The summed E-state index contributed by atoms with van der Waals surface area (Å²) in [7, 11) is 0. The lowest BCUT2D eigenvalue weighted by atomic mass is 10.1. The monoisotopic (exact) mass is 278 g/mol. The van der Waals surface area contributed by atoms with Crippen LogP contribution in [0.3, 0.4) is 0 Å². The van der Waals surface area contributed by atoms with Crippen molar-refractivity contribution in [2.24, 2.45) is 5.73 Å². The number of hydrogen-bond acceptors (Lipinski definition) is 3. The van der Waals surface area contributed by atoms with Crippen molar-refractivity contribution in [3.8, 4) is 17.0 Å². The molecule has 1 aliphatic rings. The molecule has 1 fully saturated rings. The van der Waals surface area contributed by atoms with Crippen molar-refractivity contribution in [1.82, 2.24) is 4.98 Å². The predicted octanol–water partition coefficient (Wildman–Crippen LogP) is 3.06. The molecule has 0 unspecified atom stereocenters. The van der Waals surface area contributed by atoms with E-state index in [9.17, 15) is 9.50 Å². The van der Waals surface area contributed by atoms with Crippen molar-refractivity contribution < 1.29 is 9.50 Å². The number of aromatic nitrogens is 1. The van der Waals surface area contributed by atoms with Crippen molar-refractivity contribution in [1.29, 1.82) is 0 Å². The molecule has 5 heteroatoms. The molecule has 19 heavy (non-hydrogen) atoms. The molecule has 3 rings (SSSR count). The summed E-state index contributed by atoms with van der Waals surface area (Å²) in [6, 6.07) is 6.77. The van der Waals surface area contributed by atoms with Gasteiger partial charge in [0.15, 0.2) is 11.6 Å². The Morgan fingerprint density at radius 3 is 2.63 bits per heavy atom. The Kier molecular flexibility index (Phi) is 2.92. The molecule has 3 N–H and O–H groups in total. The molecule has 0 spiro atoms. The number of nitrogens with two attached hydrogens (primary N) is 1. The van der Waals surface area contributed by atoms with E-state index in [0.29, 0.717) is 17.2 Å². The number of phenolic OH excluding ortho intramolecular Hbond substituents is 1. The highest BCUT2D eigenvalue weighted by atomic mass is 35.5. The van der Waals surface area contributed by atoms with Gasteiger partial charge in [-0.25, -0.2) is 4.39 Å². The first-order chi connectivity index (χ1) is 9.06. The van der Waals surface area contributed by atoms with Crippen LogP contribution in [-0.4, -0.2) is 16.1 Å². The van der Waals surface area contributed by atoms with E-state index in [1.54, 1.807) is 6.20 Å². The molecule has 1 aromatic carbocycles. The first-order valence-electron chi connectivity index (χ1n) is 5.96. The Labute approximate surface area is 114 Å². The third-order valence-corrected chi connectivity index (χ3v) is 3.63. The smallest absolute Gasteiger partial charge is 0.183 e. The minimum absolute atomic E-state index is 0.120. The van der Waals surface area contributed by atoms with Gasteiger partial charge in [-0.15, -0.1) is 0 Å². The predicted molar refractivity (Wildman–Crippen MR) is 71.6 cm³/mol. The van der Waals surface area contributed by atoms with Crippen molar-refractivity contribution in [2.75, 3.05) is 0 Å². The fourth-order valence-corrected chi connectivity index (χ4v) is 2.33. The number of halogens is 2. The number of rotatable bonds is 2. The maximum Gasteiger partial charge on any atom is 0.183 e. The summed E-state index contributed by atoms with van der Waals surface area (Å²) in [6.45, 7) is 0. The first kappa shape index (κ1) is 12.4. The molecule has 1 aromatic heterocycles. The maximum atomic E-state index is 13.2. The summed E-state index contributed by atoms with van der Waals surface area (Å²) < 4.78 is 13.2. The lowest BCUT2D eigenvalue weighted by Gasteiger charge is -2.05. The molecule has 3 nitrogen and oxygen atoms in total. The minimum atomic E-state index is -0.814. The van der Waals surface area contributed by atoms with Gasteiger partial charge in [0.1, 0.15) is 0 Å². The van der Waals surface area contributed by atoms with Gasteiger partial charge in [0, 0.05) is 23.7 Å². The zero-order valence-electron chi connectivity index (χ0n) is 9.98. The molecule has 1 heterocycles. The van der Waals surface area contributed by atoms with Crippen molar-refractivity contribution in [3.63, 3.8) is 0 Å². The summed E-state index contributed by atoms with van der Waals surface area (Å²) in [6.07, 6.45) is 2.76. The molecule has 2 atom stereocenters. The molecule has 0 radical (unpaired) electrons. The van der Waals surface area contributed by atoms with Crippen LogP contribution < -0.4 is 5.73 Å². The largest absolute Gasteiger partial charge is 0.505 e. The summed E-state index contributed by atoms with van der Waals surface area (Å²) in [5.41, 5.74) is 8.10. The van der Waals surface area contributed by atoms with Gasteiger partial charge in [-0.3, -0.25) is 4.98 Å². The number of nitrogens with zero attached hydrogens (tertiary/aromatic N) is 1. The number of hydrogen-bond donors (Lipinski definition) is 2. The van der Waals surface area contributed by atoms with Crippen LogP contribution >= 0.6 is 11.6 Å². The van der Waals surface area contributed by atoms with Crippen LogP contribution in [0.1, 0.15) is 17.9 Å². The second kappa shape index (κ2) is 4.47. The highest BCUT2D eigenvalue weighted by Crippen LogP contribution is 2.39. The molecule has 0 aliphatic heterocycles. The fourth-order valence-electron chi connectivity index (χ4n) is 2.12. The van der Waals surface area contributed by atoms with Crippen LogP contribution in [0.2, 0.25) is 5.02 Å². The van der Waals surface area contributed by atoms with Crippen molar-refractivity contribution in [3.05, 3.63) is 46.9 Å². The summed E-state index contributed by atoms with van der Waals surface area (Å²) in [4.78, 5) is 4.31. The van der Waals surface area contributed by atoms with Crippen LogP contribution in [0.4, 0.5) is 4.39 Å². The molecular weight excluding hydrogens is 267 g/mol. The first-order valence-corrected chi connectivity index (χ1v) is 6.34. The Balaban J connectivity index is 1.94. The van der Waals surface area contributed by atoms with Gasteiger partial charge < -0.3 is 10.8 Å². The van der Waals surface area contributed by atoms with E-state index in [0.717, 1.165) is 12.0 Å². The third kappa shape index (κ3) is 2.29. The van der Waals surface area contributed by atoms with Gasteiger partial charge in [-0.05, 0) is 30.2 Å². The molecule has 98 valence electrons. The van der Waals surface area contributed by atoms with Gasteiger partial charge in [0.25, 0.3) is 0 Å². The number of pyridine rings is 1. The Morgan fingerprint density at radius 1 is 1.37 bits per heavy atom. The topological polar surface area (TPSA) is 59.1 Å². The normalized spacial score (nSPS) is 21.4. The quantitative estimate of drug-likeness (QED) is 0.887. The van der Waals surface area contributed by atoms with Gasteiger partial charge in [-0.1, -0.05) is 17.7 Å². The van der Waals surface area contributed by atoms with E-state index in [2.05, 4.69) is 4.98 Å². The van der Waals surface area contributed by atoms with Crippen molar-refractivity contribution >= 4 is 11.6 Å². The fraction of sp³-hybridized carbons (Fsp3) is 0.214. The average molecular weight is 279 g/mol. The van der Waals surface area contributed by atoms with Gasteiger partial charge in [-0.2, -0.15) is 0 Å². The Morgan fingerprint density at radius 2 is 2.11 bits per heavy atom. The highest BCUT2D eigenvalue weighted by Gasteiger charge is 2.34. The number of aromatic hydroxyl groups is 1. The molecule has 1 aliphatic carbocycles. The SMILES string of the molecule is N[C@@H]1C[C@H]1c1ccc(-c2cc(O)c(F)c(Cl)c2)nc1. The van der Waals surface area contributed by atoms with Crippen LogP contribution in [0.25, 0.3) is 11.3 Å². The van der Waals surface area contributed by atoms with Gasteiger partial charge in [0.2, 0.25) is 0 Å². The zero-order chi connectivity index (χ0) is 13.6. The number of benzene rings is 1. The van der Waals surface area contributed by atoms with Crippen LogP contribution in [0.5, 0.6) is 5.75 Å². The van der Waals surface area contributed by atoms with Crippen molar-refractivity contribution in [2.45, 2.75) is 18.4 Å². The van der Waals surface area contributed by atoms with E-state index in [-0.39, 0.29) is 11.1 Å². The Bertz CT molecular complexity index is 607. The zero-order valence-corrected chi connectivity index (χ0v) is 10.7. The standard InChI is InChI=1S/C14H12ClFN2O/c15-10-3-8(4-13(19)14(10)16)12-2-1-7(6-18-12)9-5-11(9)17/h1-4,6,9,11,19H,5,17H2/t9-,11+/m0/s1. The summed E-state index contributed by atoms with van der Waals surface area (Å²) in [5.74, 6) is -0.893. The summed E-state index contributed by atoms with van der Waals surface area (Å²) in [5, 5.41) is 9.31. The molecular formula is C14H12ClFN2O. The van der Waals surface area contributed by atoms with E-state index in [1.165, 1.54) is 12.1 Å². The van der Waals surface area contributed by atoms with E-state index < -0.39 is 11.6 Å². The Hall–Kier alpha value is -1.65. The number of phenols is 1. The molecule has 0 saturated heterocycles. The second-order valence-electron chi connectivity index (χ2n) is 4.77. The minimum Gasteiger partial charge on any atom is -0.505 e. The van der Waals surface area contributed by atoms with E-state index in [1.807, 2.05) is 12.1 Å². The van der Waals surface area contributed by atoms with Crippen LogP contribution in [0, 0.1) is 5.82 Å². The van der Waals surface area contributed by atoms with Gasteiger partial charge in [0.05, 0.1) is 10.7 Å². The third-order valence-electron chi connectivity index (χ3n) is 3.36. The maximum absolute atomic E-state index is 13.2. The summed E-state index contributed by atoms with van der Waals surface area (Å²) >= 11 is 5.70.